The van der Waals surface area contributed by atoms with Gasteiger partial charge in [0, 0.05) is 42.5 Å². The van der Waals surface area contributed by atoms with E-state index in [0.717, 1.165) is 53.7 Å². The number of hydrogen-bond donors (Lipinski definition) is 3. The standard InChI is InChI=1S/C22H26N8O2/c1-12-28-29-18-9-4-14(11-30(12)18)17-10-23-20-19(17)21(32-3)27-22(26-20)25-16-7-5-15(6-8-16)24-13(2)31/h4,9-11,15-16H,5-8H2,1-3H3,(H,24,31)(H2,23,25,26,27). The highest BCUT2D eigenvalue weighted by molar-refractivity contribution is 5.97. The molecule has 1 amide bonds. The predicted molar refractivity (Wildman–Crippen MR) is 121 cm³/mol. The van der Waals surface area contributed by atoms with E-state index in [2.05, 4.69) is 30.8 Å². The number of H-pyrrole nitrogens is 1. The summed E-state index contributed by atoms with van der Waals surface area (Å²) in [5, 5.41) is 15.6. The van der Waals surface area contributed by atoms with Crippen molar-refractivity contribution < 1.29 is 9.53 Å². The lowest BCUT2D eigenvalue weighted by Gasteiger charge is -2.29. The number of methoxy groups -OCH3 is 1. The number of carbonyl (C=O) groups excluding carboxylic acids is 1. The molecule has 1 fully saturated rings. The molecule has 10 heteroatoms. The molecule has 0 aliphatic heterocycles. The van der Waals surface area contributed by atoms with Gasteiger partial charge in [-0.2, -0.15) is 9.97 Å². The lowest BCUT2D eigenvalue weighted by atomic mass is 9.91. The summed E-state index contributed by atoms with van der Waals surface area (Å²) in [6.45, 7) is 3.49. The molecular formula is C22H26N8O2. The van der Waals surface area contributed by atoms with Crippen molar-refractivity contribution in [1.82, 2.24) is 34.9 Å². The first-order valence-corrected chi connectivity index (χ1v) is 10.8. The molecule has 1 aliphatic rings. The molecule has 0 radical (unpaired) electrons. The maximum Gasteiger partial charge on any atom is 0.228 e. The Labute approximate surface area is 184 Å². The first-order valence-electron chi connectivity index (χ1n) is 10.8. The Kier molecular flexibility index (Phi) is 5.12. The lowest BCUT2D eigenvalue weighted by Crippen LogP contribution is -2.39. The van der Waals surface area contributed by atoms with Gasteiger partial charge >= 0.3 is 0 Å². The van der Waals surface area contributed by atoms with Crippen molar-refractivity contribution in [2.75, 3.05) is 12.4 Å². The van der Waals surface area contributed by atoms with Crippen LogP contribution in [0.4, 0.5) is 5.95 Å². The molecule has 0 bridgehead atoms. The number of pyridine rings is 1. The molecular weight excluding hydrogens is 408 g/mol. The van der Waals surface area contributed by atoms with E-state index in [1.165, 1.54) is 0 Å². The molecule has 4 aromatic rings. The number of anilines is 1. The zero-order valence-corrected chi connectivity index (χ0v) is 18.3. The minimum atomic E-state index is 0.0288. The van der Waals surface area contributed by atoms with Crippen LogP contribution >= 0.6 is 0 Å². The molecule has 0 unspecified atom stereocenters. The number of carbonyl (C=O) groups is 1. The van der Waals surface area contributed by atoms with E-state index in [1.54, 1.807) is 14.0 Å². The predicted octanol–water partition coefficient (Wildman–Crippen LogP) is 2.84. The summed E-state index contributed by atoms with van der Waals surface area (Å²) in [5.41, 5.74) is 3.45. The number of nitrogens with zero attached hydrogens (tertiary/aromatic N) is 5. The molecule has 4 aromatic heterocycles. The van der Waals surface area contributed by atoms with Crippen LogP contribution in [0.15, 0.2) is 24.5 Å². The third-order valence-electron chi connectivity index (χ3n) is 6.04. The van der Waals surface area contributed by atoms with Crippen molar-refractivity contribution >= 4 is 28.5 Å². The van der Waals surface area contributed by atoms with Gasteiger partial charge in [0.2, 0.25) is 17.7 Å². The SMILES string of the molecule is COc1nc(NC2CCC(NC(C)=O)CC2)nc2[nH]cc(-c3ccc4nnc(C)n4c3)c12. The van der Waals surface area contributed by atoms with Crippen LogP contribution in [0.5, 0.6) is 5.88 Å². The highest BCUT2D eigenvalue weighted by Gasteiger charge is 2.23. The van der Waals surface area contributed by atoms with Gasteiger partial charge in [0.25, 0.3) is 0 Å². The van der Waals surface area contributed by atoms with Crippen LogP contribution in [0.2, 0.25) is 0 Å². The largest absolute Gasteiger partial charge is 0.480 e. The Balaban J connectivity index is 1.41. The van der Waals surface area contributed by atoms with E-state index in [0.29, 0.717) is 17.5 Å². The van der Waals surface area contributed by atoms with E-state index in [-0.39, 0.29) is 18.0 Å². The molecule has 4 heterocycles. The van der Waals surface area contributed by atoms with Crippen LogP contribution in [0.25, 0.3) is 27.8 Å². The molecule has 32 heavy (non-hydrogen) atoms. The normalized spacial score (nSPS) is 18.7. The highest BCUT2D eigenvalue weighted by Crippen LogP contribution is 2.34. The fourth-order valence-electron chi connectivity index (χ4n) is 4.46. The molecule has 0 aromatic carbocycles. The Morgan fingerprint density at radius 1 is 1.16 bits per heavy atom. The van der Waals surface area contributed by atoms with Crippen LogP contribution in [-0.2, 0) is 4.79 Å². The summed E-state index contributed by atoms with van der Waals surface area (Å²) >= 11 is 0. The van der Waals surface area contributed by atoms with Gasteiger partial charge in [0.15, 0.2) is 5.65 Å². The monoisotopic (exact) mass is 434 g/mol. The second-order valence-electron chi connectivity index (χ2n) is 8.27. The highest BCUT2D eigenvalue weighted by atomic mass is 16.5. The minimum Gasteiger partial charge on any atom is -0.480 e. The van der Waals surface area contributed by atoms with Gasteiger partial charge in [-0.25, -0.2) is 0 Å². The van der Waals surface area contributed by atoms with Crippen LogP contribution in [0.3, 0.4) is 0 Å². The van der Waals surface area contributed by atoms with E-state index in [9.17, 15) is 4.79 Å². The van der Waals surface area contributed by atoms with Crippen LogP contribution in [0.1, 0.15) is 38.4 Å². The number of hydrogen-bond acceptors (Lipinski definition) is 7. The lowest BCUT2D eigenvalue weighted by molar-refractivity contribution is -0.119. The summed E-state index contributed by atoms with van der Waals surface area (Å²) in [6, 6.07) is 4.46. The zero-order chi connectivity index (χ0) is 22.2. The zero-order valence-electron chi connectivity index (χ0n) is 18.3. The maximum absolute atomic E-state index is 11.3. The fraction of sp³-hybridized carbons (Fsp3) is 0.409. The summed E-state index contributed by atoms with van der Waals surface area (Å²) in [6.07, 6.45) is 7.70. The smallest absolute Gasteiger partial charge is 0.228 e. The van der Waals surface area contributed by atoms with Gasteiger partial charge < -0.3 is 20.4 Å². The van der Waals surface area contributed by atoms with E-state index in [4.69, 9.17) is 9.72 Å². The van der Waals surface area contributed by atoms with Gasteiger partial charge in [-0.1, -0.05) is 0 Å². The summed E-state index contributed by atoms with van der Waals surface area (Å²) in [7, 11) is 1.62. The second-order valence-corrected chi connectivity index (χ2v) is 8.27. The van der Waals surface area contributed by atoms with Crippen molar-refractivity contribution in [3.63, 3.8) is 0 Å². The average Bonchev–Trinajstić information content (AvgIpc) is 3.37. The number of nitrogens with one attached hydrogen (secondary N) is 3. The van der Waals surface area contributed by atoms with Crippen molar-refractivity contribution in [3.05, 3.63) is 30.4 Å². The summed E-state index contributed by atoms with van der Waals surface area (Å²) < 4.78 is 7.60. The third-order valence-corrected chi connectivity index (χ3v) is 6.04. The molecule has 1 saturated carbocycles. The summed E-state index contributed by atoms with van der Waals surface area (Å²) in [5.74, 6) is 1.91. The van der Waals surface area contributed by atoms with Crippen molar-refractivity contribution in [2.45, 2.75) is 51.6 Å². The van der Waals surface area contributed by atoms with E-state index >= 15 is 0 Å². The number of amides is 1. The van der Waals surface area contributed by atoms with Gasteiger partial charge in [-0.3, -0.25) is 9.20 Å². The van der Waals surface area contributed by atoms with Crippen LogP contribution in [0, 0.1) is 6.92 Å². The van der Waals surface area contributed by atoms with Gasteiger partial charge in [0.1, 0.15) is 11.5 Å². The van der Waals surface area contributed by atoms with Crippen molar-refractivity contribution in [2.24, 2.45) is 0 Å². The molecule has 10 nitrogen and oxygen atoms in total. The number of aromatic nitrogens is 6. The van der Waals surface area contributed by atoms with Gasteiger partial charge in [-0.05, 0) is 44.7 Å². The Bertz CT molecular complexity index is 1290. The van der Waals surface area contributed by atoms with E-state index in [1.807, 2.05) is 35.9 Å². The second kappa shape index (κ2) is 8.10. The minimum absolute atomic E-state index is 0.0288. The molecule has 3 N–H and O–H groups in total. The maximum atomic E-state index is 11.3. The Morgan fingerprint density at radius 3 is 2.69 bits per heavy atom. The van der Waals surface area contributed by atoms with Crippen LogP contribution < -0.4 is 15.4 Å². The number of rotatable bonds is 5. The van der Waals surface area contributed by atoms with Crippen LogP contribution in [-0.4, -0.2) is 54.7 Å². The Morgan fingerprint density at radius 2 is 1.94 bits per heavy atom. The molecule has 0 spiro atoms. The molecule has 0 saturated heterocycles. The summed E-state index contributed by atoms with van der Waals surface area (Å²) in [4.78, 5) is 23.9. The topological polar surface area (TPSA) is 122 Å². The number of ether oxygens (including phenoxy) is 1. The number of fused-ring (bicyclic) bond motifs is 2. The third kappa shape index (κ3) is 3.72. The van der Waals surface area contributed by atoms with Crippen molar-refractivity contribution in [1.29, 1.82) is 0 Å². The first-order chi connectivity index (χ1) is 15.5. The van der Waals surface area contributed by atoms with Gasteiger partial charge in [0.05, 0.1) is 12.5 Å². The van der Waals surface area contributed by atoms with E-state index < -0.39 is 0 Å². The number of aromatic amines is 1. The molecule has 0 atom stereocenters. The average molecular weight is 435 g/mol. The van der Waals surface area contributed by atoms with Crippen molar-refractivity contribution in [3.8, 4) is 17.0 Å². The first kappa shape index (κ1) is 20.2. The number of aryl methyl sites for hydroxylation is 1. The fourth-order valence-corrected chi connectivity index (χ4v) is 4.46. The Hall–Kier alpha value is -3.69. The quantitative estimate of drug-likeness (QED) is 0.441. The molecule has 166 valence electrons. The molecule has 1 aliphatic carbocycles. The van der Waals surface area contributed by atoms with Gasteiger partial charge in [-0.15, -0.1) is 10.2 Å². The molecule has 5 rings (SSSR count).